The van der Waals surface area contributed by atoms with Crippen molar-refractivity contribution in [2.45, 2.75) is 23.9 Å². The normalized spacial score (nSPS) is 36.6. The van der Waals surface area contributed by atoms with Gasteiger partial charge in [0, 0.05) is 11.8 Å². The fourth-order valence-electron chi connectivity index (χ4n) is 2.85. The molecule has 0 spiro atoms. The van der Waals surface area contributed by atoms with E-state index in [0.29, 0.717) is 0 Å². The first-order chi connectivity index (χ1) is 9.45. The van der Waals surface area contributed by atoms with E-state index in [2.05, 4.69) is 4.74 Å². The Morgan fingerprint density at radius 1 is 1.48 bits per heavy atom. The minimum Gasteiger partial charge on any atom is -0.454 e. The molecule has 3 rings (SSSR count). The number of hydrogen-bond acceptors (Lipinski definition) is 7. The molecule has 1 saturated heterocycles. The number of alkyl halides is 2. The fourth-order valence-corrected chi connectivity index (χ4v) is 4.70. The number of hydrogen-bond donors (Lipinski definition) is 1. The minimum absolute atomic E-state index is 0.0336. The average Bonchev–Trinajstić information content (AvgIpc) is 2.91. The van der Waals surface area contributed by atoms with Gasteiger partial charge in [0.1, 0.15) is 12.2 Å². The molecule has 3 aliphatic rings. The zero-order valence-corrected chi connectivity index (χ0v) is 11.6. The third kappa shape index (κ3) is 1.93. The molecule has 0 aromatic heterocycles. The number of carbonyl (C=O) groups is 1. The van der Waals surface area contributed by atoms with Crippen LogP contribution in [0.4, 0.5) is 8.78 Å². The van der Waals surface area contributed by atoms with Crippen molar-refractivity contribution in [3.63, 3.8) is 0 Å². The molecular weight excluding hydrogens is 338 g/mol. The van der Waals surface area contributed by atoms with Crippen LogP contribution < -0.4 is 0 Å². The maximum absolute atomic E-state index is 13.1. The lowest BCUT2D eigenvalue weighted by atomic mass is 10.0. The van der Waals surface area contributed by atoms with E-state index in [1.165, 1.54) is 6.08 Å². The maximum Gasteiger partial charge on any atom is 0.465 e. The second-order valence-electron chi connectivity index (χ2n) is 4.95. The summed E-state index contributed by atoms with van der Waals surface area (Å²) in [4.78, 5) is 11.3. The Labute approximate surface area is 117 Å². The van der Waals surface area contributed by atoms with Crippen LogP contribution in [0, 0.1) is 11.8 Å². The smallest absolute Gasteiger partial charge is 0.454 e. The van der Waals surface area contributed by atoms with Gasteiger partial charge in [-0.15, -0.1) is 0 Å². The second kappa shape index (κ2) is 4.00. The van der Waals surface area contributed by atoms with E-state index in [0.717, 1.165) is 0 Å². The van der Waals surface area contributed by atoms with Crippen LogP contribution in [-0.2, 0) is 34.0 Å². The number of esters is 1. The van der Waals surface area contributed by atoms with Gasteiger partial charge in [0.15, 0.2) is 0 Å². The van der Waals surface area contributed by atoms with Crippen molar-refractivity contribution >= 4 is 26.2 Å². The lowest BCUT2D eigenvalue weighted by molar-refractivity contribution is -0.172. The van der Waals surface area contributed by atoms with Gasteiger partial charge in [0.2, 0.25) is 0 Å². The van der Waals surface area contributed by atoms with Gasteiger partial charge in [-0.3, -0.25) is 8.74 Å². The standard InChI is InChI=1S/C9H8F2O8S2/c10-9(11,21(15,16)17)8(12)18-6-3-1-4-5(2-3)20(13,14)19-7(4)6/h2-4,6-7H,1H2,(H,15,16,17). The van der Waals surface area contributed by atoms with Crippen molar-refractivity contribution in [3.8, 4) is 0 Å². The van der Waals surface area contributed by atoms with Crippen LogP contribution in [0.3, 0.4) is 0 Å². The molecule has 4 atom stereocenters. The van der Waals surface area contributed by atoms with Crippen molar-refractivity contribution in [1.29, 1.82) is 0 Å². The van der Waals surface area contributed by atoms with Gasteiger partial charge in [-0.25, -0.2) is 4.79 Å². The zero-order valence-electron chi connectivity index (χ0n) is 9.97. The van der Waals surface area contributed by atoms with E-state index in [9.17, 15) is 30.4 Å². The van der Waals surface area contributed by atoms with Gasteiger partial charge in [0.25, 0.3) is 10.1 Å². The highest BCUT2D eigenvalue weighted by Gasteiger charge is 2.63. The first kappa shape index (κ1) is 14.8. The van der Waals surface area contributed by atoms with E-state index in [4.69, 9.17) is 8.74 Å². The number of carbonyl (C=O) groups excluding carboxylic acids is 1. The molecule has 21 heavy (non-hydrogen) atoms. The zero-order chi connectivity index (χ0) is 15.8. The van der Waals surface area contributed by atoms with Crippen LogP contribution in [-0.4, -0.2) is 44.8 Å². The van der Waals surface area contributed by atoms with Crippen molar-refractivity contribution in [1.82, 2.24) is 0 Å². The van der Waals surface area contributed by atoms with Crippen LogP contribution in [0.25, 0.3) is 0 Å². The Morgan fingerprint density at radius 2 is 2.10 bits per heavy atom. The summed E-state index contributed by atoms with van der Waals surface area (Å²) in [6.45, 7) is 0. The predicted octanol–water partition coefficient (Wildman–Crippen LogP) is -0.359. The quantitative estimate of drug-likeness (QED) is 0.417. The Bertz CT molecular complexity index is 753. The molecule has 2 aliphatic carbocycles. The molecular formula is C9H8F2O8S2. The van der Waals surface area contributed by atoms with Crippen LogP contribution >= 0.6 is 0 Å². The van der Waals surface area contributed by atoms with Crippen molar-refractivity contribution in [3.05, 3.63) is 11.0 Å². The number of rotatable bonds is 3. The number of ether oxygens (including phenoxy) is 1. The summed E-state index contributed by atoms with van der Waals surface area (Å²) >= 11 is 0. The minimum atomic E-state index is -5.98. The summed E-state index contributed by atoms with van der Waals surface area (Å²) in [5.41, 5.74) is 0. The van der Waals surface area contributed by atoms with Gasteiger partial charge in [-0.2, -0.15) is 25.6 Å². The van der Waals surface area contributed by atoms with Gasteiger partial charge in [-0.05, 0) is 6.42 Å². The van der Waals surface area contributed by atoms with Crippen molar-refractivity contribution < 1.29 is 43.9 Å². The first-order valence-corrected chi connectivity index (χ1v) is 8.51. The van der Waals surface area contributed by atoms with Crippen molar-refractivity contribution in [2.75, 3.05) is 0 Å². The summed E-state index contributed by atoms with van der Waals surface area (Å²) in [6.07, 6.45) is -0.973. The SMILES string of the molecule is O=C(OC1C2C=C3C(C2)C1OS3(=O)=O)C(F)(F)S(=O)(=O)O. The Kier molecular flexibility index (Phi) is 2.82. The predicted molar refractivity (Wildman–Crippen MR) is 59.8 cm³/mol. The summed E-state index contributed by atoms with van der Waals surface area (Å²) in [7, 11) is -9.92. The van der Waals surface area contributed by atoms with E-state index in [-0.39, 0.29) is 11.3 Å². The highest BCUT2D eigenvalue weighted by molar-refractivity contribution is 7.91. The third-order valence-electron chi connectivity index (χ3n) is 3.74. The maximum atomic E-state index is 13.1. The molecule has 4 unspecified atom stereocenters. The monoisotopic (exact) mass is 346 g/mol. The van der Waals surface area contributed by atoms with E-state index < -0.39 is 55.5 Å². The molecule has 0 aromatic rings. The first-order valence-electron chi connectivity index (χ1n) is 5.66. The fraction of sp³-hybridized carbons (Fsp3) is 0.667. The van der Waals surface area contributed by atoms with Crippen molar-refractivity contribution in [2.24, 2.45) is 11.8 Å². The summed E-state index contributed by atoms with van der Waals surface area (Å²) < 4.78 is 87.7. The van der Waals surface area contributed by atoms with Crippen LogP contribution in [0.1, 0.15) is 6.42 Å². The molecule has 0 aromatic carbocycles. The van der Waals surface area contributed by atoms with Gasteiger partial charge < -0.3 is 4.74 Å². The molecule has 118 valence electrons. The molecule has 8 nitrogen and oxygen atoms in total. The number of halogens is 2. The summed E-state index contributed by atoms with van der Waals surface area (Å²) in [6, 6.07) is 0. The lowest BCUT2D eigenvalue weighted by Gasteiger charge is -2.23. The molecule has 1 aliphatic heterocycles. The molecule has 0 radical (unpaired) electrons. The third-order valence-corrected chi connectivity index (χ3v) is 6.05. The molecule has 2 bridgehead atoms. The number of fused-ring (bicyclic) bond motifs is 1. The molecule has 1 N–H and O–H groups in total. The van der Waals surface area contributed by atoms with E-state index in [1.807, 2.05) is 0 Å². The Morgan fingerprint density at radius 3 is 2.67 bits per heavy atom. The second-order valence-corrected chi connectivity index (χ2v) is 7.99. The molecule has 1 heterocycles. The molecule has 0 amide bonds. The molecule has 12 heteroatoms. The van der Waals surface area contributed by atoms with Crippen LogP contribution in [0.15, 0.2) is 11.0 Å². The van der Waals surface area contributed by atoms with Gasteiger partial charge in [0.05, 0.1) is 4.91 Å². The summed E-state index contributed by atoms with van der Waals surface area (Å²) in [5, 5.41) is -5.13. The van der Waals surface area contributed by atoms with Crippen LogP contribution in [0.5, 0.6) is 0 Å². The lowest BCUT2D eigenvalue weighted by Crippen LogP contribution is -2.44. The largest absolute Gasteiger partial charge is 0.465 e. The van der Waals surface area contributed by atoms with Crippen LogP contribution in [0.2, 0.25) is 0 Å². The molecule has 2 fully saturated rings. The van der Waals surface area contributed by atoms with Gasteiger partial charge in [-0.1, -0.05) is 6.08 Å². The van der Waals surface area contributed by atoms with E-state index in [1.54, 1.807) is 0 Å². The molecule has 1 saturated carbocycles. The Balaban J connectivity index is 1.84. The summed E-state index contributed by atoms with van der Waals surface area (Å²) in [5.74, 6) is -3.70. The average molecular weight is 346 g/mol. The topological polar surface area (TPSA) is 124 Å². The van der Waals surface area contributed by atoms with E-state index >= 15 is 0 Å². The highest BCUT2D eigenvalue weighted by Crippen LogP contribution is 2.54. The van der Waals surface area contributed by atoms with Gasteiger partial charge >= 0.3 is 21.3 Å². The Hall–Kier alpha value is -1.11. The highest BCUT2D eigenvalue weighted by atomic mass is 32.2.